The summed E-state index contributed by atoms with van der Waals surface area (Å²) in [4.78, 5) is 18.2. The molecule has 3 aromatic heterocycles. The number of amides is 1. The van der Waals surface area contributed by atoms with Crippen molar-refractivity contribution in [3.63, 3.8) is 0 Å². The van der Waals surface area contributed by atoms with Crippen molar-refractivity contribution >= 4 is 5.91 Å². The van der Waals surface area contributed by atoms with E-state index in [0.29, 0.717) is 17.2 Å². The number of aryl methyl sites for hydroxylation is 1. The van der Waals surface area contributed by atoms with Crippen LogP contribution in [-0.4, -0.2) is 33.2 Å². The first-order valence-corrected chi connectivity index (χ1v) is 7.73. The highest BCUT2D eigenvalue weighted by atomic mass is 16.5. The van der Waals surface area contributed by atoms with Crippen LogP contribution < -0.4 is 4.74 Å². The third-order valence-corrected chi connectivity index (χ3v) is 3.83. The van der Waals surface area contributed by atoms with E-state index in [0.717, 1.165) is 5.69 Å². The summed E-state index contributed by atoms with van der Waals surface area (Å²) in [6, 6.07) is 6.70. The van der Waals surface area contributed by atoms with Crippen LogP contribution >= 0.6 is 0 Å². The zero-order valence-electron chi connectivity index (χ0n) is 14.2. The number of nitrogens with zero attached hydrogens (tertiary/aromatic N) is 4. The quantitative estimate of drug-likeness (QED) is 0.679. The average Bonchev–Trinajstić information content (AvgIpc) is 3.31. The van der Waals surface area contributed by atoms with Crippen molar-refractivity contribution in [1.82, 2.24) is 20.2 Å². The van der Waals surface area contributed by atoms with Crippen LogP contribution in [0.1, 0.15) is 40.6 Å². The van der Waals surface area contributed by atoms with E-state index in [1.54, 1.807) is 25.4 Å². The van der Waals surface area contributed by atoms with E-state index in [1.807, 2.05) is 26.0 Å². The molecule has 0 aliphatic carbocycles. The zero-order chi connectivity index (χ0) is 17.8. The highest BCUT2D eigenvalue weighted by Gasteiger charge is 2.23. The van der Waals surface area contributed by atoms with E-state index in [9.17, 15) is 4.79 Å². The Morgan fingerprint density at radius 2 is 2.16 bits per heavy atom. The zero-order valence-corrected chi connectivity index (χ0v) is 14.2. The van der Waals surface area contributed by atoms with Gasteiger partial charge in [0.05, 0.1) is 12.2 Å². The lowest BCUT2D eigenvalue weighted by molar-refractivity contribution is 0.0727. The molecule has 0 aliphatic heterocycles. The fourth-order valence-electron chi connectivity index (χ4n) is 2.17. The molecule has 1 unspecified atom stereocenters. The van der Waals surface area contributed by atoms with Crippen molar-refractivity contribution in [2.45, 2.75) is 26.5 Å². The van der Waals surface area contributed by atoms with E-state index in [-0.39, 0.29) is 24.2 Å². The maximum absolute atomic E-state index is 12.5. The van der Waals surface area contributed by atoms with Gasteiger partial charge in [0.15, 0.2) is 11.5 Å². The van der Waals surface area contributed by atoms with Gasteiger partial charge < -0.3 is 18.7 Å². The van der Waals surface area contributed by atoms with E-state index in [4.69, 9.17) is 13.8 Å². The number of carbonyl (C=O) groups is 1. The minimum absolute atomic E-state index is 0.160. The second kappa shape index (κ2) is 7.16. The van der Waals surface area contributed by atoms with E-state index >= 15 is 0 Å². The van der Waals surface area contributed by atoms with Crippen LogP contribution in [0.25, 0.3) is 0 Å². The number of carbonyl (C=O) groups excluding carboxylic acids is 1. The van der Waals surface area contributed by atoms with Crippen LogP contribution in [0.3, 0.4) is 0 Å². The molecular weight excluding hydrogens is 324 g/mol. The molecule has 3 aromatic rings. The standard InChI is InChI=1S/C17H18N4O4/c1-11-4-5-13(9-18-11)23-10-14-8-16(20-25-14)17(22)21(3)12(2)15-6-7-24-19-15/h4-9,12H,10H2,1-3H3. The first kappa shape index (κ1) is 16.7. The van der Waals surface area contributed by atoms with Crippen LogP contribution in [0.15, 0.2) is 45.8 Å². The van der Waals surface area contributed by atoms with Crippen LogP contribution in [-0.2, 0) is 6.61 Å². The molecule has 0 radical (unpaired) electrons. The lowest BCUT2D eigenvalue weighted by Crippen LogP contribution is -2.30. The molecule has 0 fully saturated rings. The second-order valence-corrected chi connectivity index (χ2v) is 5.62. The number of aromatic nitrogens is 3. The normalized spacial score (nSPS) is 12.0. The number of pyridine rings is 1. The highest BCUT2D eigenvalue weighted by molar-refractivity contribution is 5.92. The summed E-state index contributed by atoms with van der Waals surface area (Å²) in [7, 11) is 1.67. The molecule has 8 nitrogen and oxygen atoms in total. The number of rotatable bonds is 6. The van der Waals surface area contributed by atoms with Crippen molar-refractivity contribution in [2.24, 2.45) is 0 Å². The molecule has 130 valence electrons. The molecule has 1 amide bonds. The molecule has 8 heteroatoms. The fourth-order valence-corrected chi connectivity index (χ4v) is 2.17. The largest absolute Gasteiger partial charge is 0.484 e. The maximum Gasteiger partial charge on any atom is 0.276 e. The summed E-state index contributed by atoms with van der Waals surface area (Å²) in [6.45, 7) is 3.91. The molecule has 25 heavy (non-hydrogen) atoms. The molecule has 3 heterocycles. The van der Waals surface area contributed by atoms with Gasteiger partial charge in [-0.2, -0.15) is 0 Å². The van der Waals surface area contributed by atoms with Crippen molar-refractivity contribution in [3.8, 4) is 5.75 Å². The van der Waals surface area contributed by atoms with Gasteiger partial charge in [-0.1, -0.05) is 10.3 Å². The van der Waals surface area contributed by atoms with Crippen molar-refractivity contribution in [1.29, 1.82) is 0 Å². The minimum Gasteiger partial charge on any atom is -0.484 e. The van der Waals surface area contributed by atoms with Gasteiger partial charge in [0.2, 0.25) is 0 Å². The van der Waals surface area contributed by atoms with Gasteiger partial charge in [0.1, 0.15) is 24.3 Å². The third kappa shape index (κ3) is 3.85. The Bertz CT molecular complexity index is 827. The summed E-state index contributed by atoms with van der Waals surface area (Å²) >= 11 is 0. The molecule has 1 atom stereocenters. The van der Waals surface area contributed by atoms with Gasteiger partial charge in [-0.25, -0.2) is 0 Å². The predicted octanol–water partition coefficient (Wildman–Crippen LogP) is 2.78. The first-order chi connectivity index (χ1) is 12.0. The predicted molar refractivity (Wildman–Crippen MR) is 86.8 cm³/mol. The van der Waals surface area contributed by atoms with E-state index in [2.05, 4.69) is 15.3 Å². The lowest BCUT2D eigenvalue weighted by atomic mass is 10.2. The fraction of sp³-hybridized carbons (Fsp3) is 0.294. The van der Waals surface area contributed by atoms with Crippen LogP contribution in [0.4, 0.5) is 0 Å². The summed E-state index contributed by atoms with van der Waals surface area (Å²) in [5.41, 5.74) is 1.78. The number of hydrogen-bond acceptors (Lipinski definition) is 7. The highest BCUT2D eigenvalue weighted by Crippen LogP contribution is 2.19. The van der Waals surface area contributed by atoms with Crippen molar-refractivity contribution in [3.05, 3.63) is 59.6 Å². The second-order valence-electron chi connectivity index (χ2n) is 5.62. The molecule has 0 spiro atoms. The molecule has 0 bridgehead atoms. The molecule has 0 aromatic carbocycles. The number of ether oxygens (including phenoxy) is 1. The Morgan fingerprint density at radius 1 is 1.32 bits per heavy atom. The Balaban J connectivity index is 1.62. The smallest absolute Gasteiger partial charge is 0.276 e. The lowest BCUT2D eigenvalue weighted by Gasteiger charge is -2.21. The van der Waals surface area contributed by atoms with Crippen LogP contribution in [0, 0.1) is 6.92 Å². The summed E-state index contributed by atoms with van der Waals surface area (Å²) in [5, 5.41) is 7.67. The topological polar surface area (TPSA) is 94.5 Å². The van der Waals surface area contributed by atoms with Crippen LogP contribution in [0.2, 0.25) is 0 Å². The molecule has 0 saturated carbocycles. The van der Waals surface area contributed by atoms with Gasteiger partial charge in [0.25, 0.3) is 5.91 Å². The van der Waals surface area contributed by atoms with Gasteiger partial charge in [0, 0.05) is 24.9 Å². The summed E-state index contributed by atoms with van der Waals surface area (Å²) in [5.74, 6) is 0.792. The maximum atomic E-state index is 12.5. The Kier molecular flexibility index (Phi) is 4.78. The Labute approximate surface area is 144 Å². The third-order valence-electron chi connectivity index (χ3n) is 3.83. The summed E-state index contributed by atoms with van der Waals surface area (Å²) < 4.78 is 15.6. The number of hydrogen-bond donors (Lipinski definition) is 0. The molecule has 0 saturated heterocycles. The average molecular weight is 342 g/mol. The van der Waals surface area contributed by atoms with Gasteiger partial charge >= 0.3 is 0 Å². The van der Waals surface area contributed by atoms with E-state index < -0.39 is 0 Å². The van der Waals surface area contributed by atoms with Crippen molar-refractivity contribution < 1.29 is 18.6 Å². The minimum atomic E-state index is -0.275. The van der Waals surface area contributed by atoms with Gasteiger partial charge in [-0.3, -0.25) is 9.78 Å². The van der Waals surface area contributed by atoms with Gasteiger partial charge in [-0.05, 0) is 26.0 Å². The van der Waals surface area contributed by atoms with Crippen molar-refractivity contribution in [2.75, 3.05) is 7.05 Å². The first-order valence-electron chi connectivity index (χ1n) is 7.73. The molecule has 0 N–H and O–H groups in total. The molecule has 3 rings (SSSR count). The van der Waals surface area contributed by atoms with Crippen LogP contribution in [0.5, 0.6) is 5.75 Å². The summed E-state index contributed by atoms with van der Waals surface area (Å²) in [6.07, 6.45) is 3.10. The monoisotopic (exact) mass is 342 g/mol. The Morgan fingerprint density at radius 3 is 2.84 bits per heavy atom. The SMILES string of the molecule is Cc1ccc(OCc2cc(C(=O)N(C)C(C)c3ccon3)no2)cn1. The molecular formula is C17H18N4O4. The Hall–Kier alpha value is -3.16. The van der Waals surface area contributed by atoms with Gasteiger partial charge in [-0.15, -0.1) is 0 Å². The van der Waals surface area contributed by atoms with E-state index in [1.165, 1.54) is 11.2 Å². The molecule has 0 aliphatic rings.